The molecule has 0 amide bonds. The van der Waals surface area contributed by atoms with Crippen LogP contribution in [-0.2, 0) is 4.79 Å². The molecule has 0 saturated heterocycles. The first-order valence-corrected chi connectivity index (χ1v) is 10.7. The lowest BCUT2D eigenvalue weighted by Crippen LogP contribution is -2.14. The van der Waals surface area contributed by atoms with Crippen molar-refractivity contribution in [3.8, 4) is 5.75 Å². The number of carbonyl (C=O) groups is 1. The Bertz CT molecular complexity index is 865. The molecule has 0 aliphatic carbocycles. The number of rotatable bonds is 8. The summed E-state index contributed by atoms with van der Waals surface area (Å²) in [4.78, 5) is 12.3. The van der Waals surface area contributed by atoms with Crippen molar-refractivity contribution >= 4 is 52.3 Å². The predicted octanol–water partition coefficient (Wildman–Crippen LogP) is 7.12. The number of halogens is 3. The summed E-state index contributed by atoms with van der Waals surface area (Å²) in [7, 11) is 0. The van der Waals surface area contributed by atoms with E-state index in [1.807, 2.05) is 48.5 Å². The van der Waals surface area contributed by atoms with Crippen LogP contribution in [-0.4, -0.2) is 18.1 Å². The minimum Gasteiger partial charge on any atom is -0.486 e. The van der Waals surface area contributed by atoms with Crippen LogP contribution in [0.2, 0.25) is 15.1 Å². The van der Waals surface area contributed by atoms with Crippen molar-refractivity contribution in [1.82, 2.24) is 0 Å². The quantitative estimate of drug-likeness (QED) is 0.365. The van der Waals surface area contributed by atoms with Gasteiger partial charge in [0.05, 0.1) is 11.0 Å². The molecule has 0 aliphatic rings. The van der Waals surface area contributed by atoms with E-state index in [9.17, 15) is 4.79 Å². The van der Waals surface area contributed by atoms with Crippen LogP contribution in [0, 0.1) is 0 Å². The van der Waals surface area contributed by atoms with Gasteiger partial charge in [0, 0.05) is 15.1 Å². The maximum absolute atomic E-state index is 12.3. The molecule has 6 heteroatoms. The topological polar surface area (TPSA) is 26.3 Å². The van der Waals surface area contributed by atoms with Gasteiger partial charge in [-0.05, 0) is 59.7 Å². The van der Waals surface area contributed by atoms with Crippen LogP contribution in [0.3, 0.4) is 0 Å². The Labute approximate surface area is 183 Å². The predicted molar refractivity (Wildman–Crippen MR) is 119 cm³/mol. The van der Waals surface area contributed by atoms with Gasteiger partial charge in [-0.1, -0.05) is 59.1 Å². The summed E-state index contributed by atoms with van der Waals surface area (Å²) in [5.74, 6) is 0.950. The van der Waals surface area contributed by atoms with Crippen molar-refractivity contribution in [2.45, 2.75) is 5.25 Å². The maximum Gasteiger partial charge on any atom is 0.180 e. The Morgan fingerprint density at radius 3 is 1.64 bits per heavy atom. The van der Waals surface area contributed by atoms with Gasteiger partial charge >= 0.3 is 0 Å². The minimum atomic E-state index is -0.00554. The lowest BCUT2D eigenvalue weighted by molar-refractivity contribution is -0.118. The molecular weight excluding hydrogens is 435 g/mol. The average Bonchev–Trinajstić information content (AvgIpc) is 2.70. The van der Waals surface area contributed by atoms with Gasteiger partial charge in [0.15, 0.2) is 5.78 Å². The highest BCUT2D eigenvalue weighted by Gasteiger charge is 2.17. The van der Waals surface area contributed by atoms with E-state index < -0.39 is 0 Å². The minimum absolute atomic E-state index is 0.00554. The van der Waals surface area contributed by atoms with Gasteiger partial charge in [-0.25, -0.2) is 0 Å². The molecular formula is C22H17Cl3O2S. The first-order valence-electron chi connectivity index (χ1n) is 8.54. The van der Waals surface area contributed by atoms with Crippen molar-refractivity contribution < 1.29 is 9.53 Å². The summed E-state index contributed by atoms with van der Waals surface area (Å²) in [6.07, 6.45) is 0. The largest absolute Gasteiger partial charge is 0.486 e. The third-order valence-electron chi connectivity index (χ3n) is 3.97. The first-order chi connectivity index (χ1) is 13.5. The SMILES string of the molecule is O=C(COc1ccc(Cl)cc1)CSC(c1ccc(Cl)cc1)c1ccc(Cl)cc1. The Morgan fingerprint density at radius 2 is 1.18 bits per heavy atom. The summed E-state index contributed by atoms with van der Waals surface area (Å²) in [6.45, 7) is 0.0165. The highest BCUT2D eigenvalue weighted by Crippen LogP contribution is 2.36. The molecule has 3 aromatic rings. The molecule has 3 aromatic carbocycles. The van der Waals surface area contributed by atoms with Crippen molar-refractivity contribution in [3.05, 3.63) is 99.0 Å². The fourth-order valence-electron chi connectivity index (χ4n) is 2.57. The molecule has 0 heterocycles. The molecule has 144 valence electrons. The number of carbonyl (C=O) groups excluding carboxylic acids is 1. The number of hydrogen-bond acceptors (Lipinski definition) is 3. The zero-order valence-electron chi connectivity index (χ0n) is 14.8. The molecule has 28 heavy (non-hydrogen) atoms. The van der Waals surface area contributed by atoms with E-state index >= 15 is 0 Å². The maximum atomic E-state index is 12.3. The summed E-state index contributed by atoms with van der Waals surface area (Å²) < 4.78 is 5.54. The fourth-order valence-corrected chi connectivity index (χ4v) is 4.09. The second-order valence-electron chi connectivity index (χ2n) is 6.08. The molecule has 0 radical (unpaired) electrons. The Balaban J connectivity index is 1.65. The van der Waals surface area contributed by atoms with Gasteiger partial charge in [-0.2, -0.15) is 0 Å². The van der Waals surface area contributed by atoms with E-state index in [1.54, 1.807) is 36.0 Å². The molecule has 3 rings (SSSR count). The van der Waals surface area contributed by atoms with Gasteiger partial charge in [0.1, 0.15) is 12.4 Å². The third-order valence-corrected chi connectivity index (χ3v) is 6.09. The fraction of sp³-hybridized carbons (Fsp3) is 0.136. The Hall–Kier alpha value is -1.65. The van der Waals surface area contributed by atoms with E-state index in [-0.39, 0.29) is 17.6 Å². The van der Waals surface area contributed by atoms with Gasteiger partial charge in [0.2, 0.25) is 0 Å². The third kappa shape index (κ3) is 6.18. The number of thioether (sulfide) groups is 1. The molecule has 0 fully saturated rings. The second-order valence-corrected chi connectivity index (χ2v) is 8.48. The van der Waals surface area contributed by atoms with E-state index in [0.29, 0.717) is 26.6 Å². The van der Waals surface area contributed by atoms with Gasteiger partial charge < -0.3 is 4.74 Å². The van der Waals surface area contributed by atoms with Crippen LogP contribution in [0.4, 0.5) is 0 Å². The highest BCUT2D eigenvalue weighted by molar-refractivity contribution is 8.00. The molecule has 2 nitrogen and oxygen atoms in total. The van der Waals surface area contributed by atoms with Crippen LogP contribution in [0.25, 0.3) is 0 Å². The summed E-state index contributed by atoms with van der Waals surface area (Å²) in [5, 5.41) is 1.98. The van der Waals surface area contributed by atoms with Gasteiger partial charge in [-0.15, -0.1) is 11.8 Å². The van der Waals surface area contributed by atoms with Gasteiger partial charge in [0.25, 0.3) is 0 Å². The summed E-state index contributed by atoms with van der Waals surface area (Å²) in [6, 6.07) is 22.3. The number of Topliss-reactive ketones (excluding diaryl/α,β-unsaturated/α-hetero) is 1. The molecule has 0 aromatic heterocycles. The van der Waals surface area contributed by atoms with Crippen LogP contribution in [0.5, 0.6) is 5.75 Å². The van der Waals surface area contributed by atoms with E-state index in [4.69, 9.17) is 39.5 Å². The first kappa shape index (κ1) is 21.1. The van der Waals surface area contributed by atoms with Crippen LogP contribution in [0.15, 0.2) is 72.8 Å². The van der Waals surface area contributed by atoms with E-state index in [0.717, 1.165) is 11.1 Å². The van der Waals surface area contributed by atoms with E-state index in [1.165, 1.54) is 0 Å². The lowest BCUT2D eigenvalue weighted by atomic mass is 10.0. The molecule has 0 aliphatic heterocycles. The zero-order valence-corrected chi connectivity index (χ0v) is 17.9. The standard InChI is InChI=1S/C22H17Cl3O2S/c23-17-5-1-15(2-6-17)22(16-3-7-18(24)8-4-16)28-14-20(26)13-27-21-11-9-19(25)10-12-21/h1-12,22H,13-14H2. The number of ether oxygens (including phenoxy) is 1. The number of benzene rings is 3. The Morgan fingerprint density at radius 1 is 0.750 bits per heavy atom. The number of hydrogen-bond donors (Lipinski definition) is 0. The van der Waals surface area contributed by atoms with Crippen molar-refractivity contribution in [2.75, 3.05) is 12.4 Å². The van der Waals surface area contributed by atoms with Crippen LogP contribution >= 0.6 is 46.6 Å². The van der Waals surface area contributed by atoms with Crippen molar-refractivity contribution in [2.24, 2.45) is 0 Å². The van der Waals surface area contributed by atoms with Crippen molar-refractivity contribution in [3.63, 3.8) is 0 Å². The molecule has 0 N–H and O–H groups in total. The molecule has 0 bridgehead atoms. The molecule has 0 unspecified atom stereocenters. The highest BCUT2D eigenvalue weighted by atomic mass is 35.5. The molecule has 0 atom stereocenters. The molecule has 0 saturated carbocycles. The summed E-state index contributed by atoms with van der Waals surface area (Å²) >= 11 is 19.4. The van der Waals surface area contributed by atoms with Crippen LogP contribution in [0.1, 0.15) is 16.4 Å². The second kappa shape index (κ2) is 10.2. The van der Waals surface area contributed by atoms with Gasteiger partial charge in [-0.3, -0.25) is 4.79 Å². The monoisotopic (exact) mass is 450 g/mol. The summed E-state index contributed by atoms with van der Waals surface area (Å²) in [5.41, 5.74) is 2.14. The normalized spacial score (nSPS) is 10.9. The number of ketones is 1. The van der Waals surface area contributed by atoms with Crippen LogP contribution < -0.4 is 4.74 Å². The lowest BCUT2D eigenvalue weighted by Gasteiger charge is -2.18. The molecule has 0 spiro atoms. The zero-order chi connectivity index (χ0) is 19.9. The van der Waals surface area contributed by atoms with E-state index in [2.05, 4.69) is 0 Å². The average molecular weight is 452 g/mol. The Kier molecular flexibility index (Phi) is 7.69. The smallest absolute Gasteiger partial charge is 0.180 e. The van der Waals surface area contributed by atoms with Crippen molar-refractivity contribution in [1.29, 1.82) is 0 Å².